The van der Waals surface area contributed by atoms with Gasteiger partial charge in [0.2, 0.25) is 0 Å². The van der Waals surface area contributed by atoms with Crippen LogP contribution in [0.1, 0.15) is 24.8 Å². The van der Waals surface area contributed by atoms with Gasteiger partial charge in [-0.1, -0.05) is 25.1 Å². The average molecular weight is 164 g/mol. The molecular weight excluding hydrogens is 151 g/mol. The standard InChI is InChI=1S/C11H13F/c1-3-9(4-2)10-5-7-11(12)8-6-10/h3,5-9H,1,4H2,2H3/t9-/m0/s1. The van der Waals surface area contributed by atoms with Crippen molar-refractivity contribution < 1.29 is 4.39 Å². The quantitative estimate of drug-likeness (QED) is 0.600. The molecule has 0 spiro atoms. The second-order valence-electron chi connectivity index (χ2n) is 2.80. The van der Waals surface area contributed by atoms with Gasteiger partial charge in [0.15, 0.2) is 0 Å². The Balaban J connectivity index is 2.87. The second kappa shape index (κ2) is 4.05. The van der Waals surface area contributed by atoms with Crippen LogP contribution in [0, 0.1) is 5.82 Å². The highest BCUT2D eigenvalue weighted by atomic mass is 19.1. The molecule has 1 atom stereocenters. The van der Waals surface area contributed by atoms with Crippen LogP contribution in [0.5, 0.6) is 0 Å². The molecule has 1 aromatic carbocycles. The van der Waals surface area contributed by atoms with E-state index in [4.69, 9.17) is 0 Å². The number of benzene rings is 1. The molecule has 0 saturated heterocycles. The van der Waals surface area contributed by atoms with Crippen LogP contribution in [0.4, 0.5) is 4.39 Å². The molecule has 0 fully saturated rings. The van der Waals surface area contributed by atoms with Crippen molar-refractivity contribution in [1.29, 1.82) is 0 Å². The Kier molecular flexibility index (Phi) is 3.03. The van der Waals surface area contributed by atoms with Crippen molar-refractivity contribution in [2.24, 2.45) is 0 Å². The lowest BCUT2D eigenvalue weighted by Gasteiger charge is -2.08. The Morgan fingerprint density at radius 3 is 2.42 bits per heavy atom. The van der Waals surface area contributed by atoms with Crippen molar-refractivity contribution in [2.75, 3.05) is 0 Å². The number of hydrogen-bond acceptors (Lipinski definition) is 0. The lowest BCUT2D eigenvalue weighted by Crippen LogP contribution is -1.92. The van der Waals surface area contributed by atoms with E-state index in [-0.39, 0.29) is 5.82 Å². The lowest BCUT2D eigenvalue weighted by atomic mass is 9.97. The monoisotopic (exact) mass is 164 g/mol. The molecule has 0 aliphatic heterocycles. The summed E-state index contributed by atoms with van der Waals surface area (Å²) in [5.74, 6) is 0.170. The summed E-state index contributed by atoms with van der Waals surface area (Å²) < 4.78 is 12.5. The van der Waals surface area contributed by atoms with E-state index >= 15 is 0 Å². The Labute approximate surface area is 72.7 Å². The molecule has 0 aromatic heterocycles. The zero-order chi connectivity index (χ0) is 8.97. The van der Waals surface area contributed by atoms with Gasteiger partial charge >= 0.3 is 0 Å². The summed E-state index contributed by atoms with van der Waals surface area (Å²) >= 11 is 0. The molecule has 0 nitrogen and oxygen atoms in total. The first-order valence-corrected chi connectivity index (χ1v) is 4.16. The fraction of sp³-hybridized carbons (Fsp3) is 0.273. The van der Waals surface area contributed by atoms with Crippen LogP contribution in [0.2, 0.25) is 0 Å². The highest BCUT2D eigenvalue weighted by Crippen LogP contribution is 2.20. The number of rotatable bonds is 3. The summed E-state index contributed by atoms with van der Waals surface area (Å²) in [6, 6.07) is 6.60. The summed E-state index contributed by atoms with van der Waals surface area (Å²) in [7, 11) is 0. The smallest absolute Gasteiger partial charge is 0.123 e. The van der Waals surface area contributed by atoms with Crippen molar-refractivity contribution in [3.05, 3.63) is 48.3 Å². The minimum atomic E-state index is -0.183. The van der Waals surface area contributed by atoms with E-state index in [1.165, 1.54) is 12.1 Å². The maximum Gasteiger partial charge on any atom is 0.123 e. The van der Waals surface area contributed by atoms with Gasteiger partial charge in [-0.15, -0.1) is 6.58 Å². The molecule has 0 unspecified atom stereocenters. The zero-order valence-corrected chi connectivity index (χ0v) is 7.26. The fourth-order valence-electron chi connectivity index (χ4n) is 1.25. The van der Waals surface area contributed by atoms with E-state index in [0.717, 1.165) is 12.0 Å². The van der Waals surface area contributed by atoms with Crippen LogP contribution in [0.25, 0.3) is 0 Å². The third-order valence-corrected chi connectivity index (χ3v) is 2.02. The normalized spacial score (nSPS) is 12.5. The molecule has 1 rings (SSSR count). The molecule has 0 N–H and O–H groups in total. The van der Waals surface area contributed by atoms with Gasteiger partial charge in [0.05, 0.1) is 0 Å². The molecule has 0 heterocycles. The minimum absolute atomic E-state index is 0.183. The van der Waals surface area contributed by atoms with Crippen LogP contribution < -0.4 is 0 Å². The van der Waals surface area contributed by atoms with E-state index in [0.29, 0.717) is 5.92 Å². The molecule has 0 saturated carbocycles. The van der Waals surface area contributed by atoms with E-state index in [1.54, 1.807) is 0 Å². The average Bonchev–Trinajstić information content (AvgIpc) is 2.10. The highest BCUT2D eigenvalue weighted by molar-refractivity contribution is 5.23. The Hall–Kier alpha value is -1.11. The summed E-state index contributed by atoms with van der Waals surface area (Å²) in [6.07, 6.45) is 2.91. The first-order chi connectivity index (χ1) is 5.77. The van der Waals surface area contributed by atoms with Crippen LogP contribution in [0.15, 0.2) is 36.9 Å². The first kappa shape index (κ1) is 8.98. The fourth-order valence-corrected chi connectivity index (χ4v) is 1.25. The van der Waals surface area contributed by atoms with Gasteiger partial charge in [-0.25, -0.2) is 4.39 Å². The molecule has 12 heavy (non-hydrogen) atoms. The summed E-state index contributed by atoms with van der Waals surface area (Å²) in [5, 5.41) is 0. The minimum Gasteiger partial charge on any atom is -0.207 e. The van der Waals surface area contributed by atoms with E-state index in [2.05, 4.69) is 13.5 Å². The van der Waals surface area contributed by atoms with E-state index in [1.807, 2.05) is 18.2 Å². The maximum absolute atomic E-state index is 12.5. The Morgan fingerprint density at radius 2 is 2.00 bits per heavy atom. The van der Waals surface area contributed by atoms with Crippen molar-refractivity contribution in [3.8, 4) is 0 Å². The summed E-state index contributed by atoms with van der Waals surface area (Å²) in [6.45, 7) is 5.83. The second-order valence-corrected chi connectivity index (χ2v) is 2.80. The van der Waals surface area contributed by atoms with Crippen molar-refractivity contribution >= 4 is 0 Å². The van der Waals surface area contributed by atoms with Crippen LogP contribution >= 0.6 is 0 Å². The lowest BCUT2D eigenvalue weighted by molar-refractivity contribution is 0.626. The number of allylic oxidation sites excluding steroid dienone is 1. The predicted octanol–water partition coefficient (Wildman–Crippen LogP) is 3.51. The molecule has 1 heteroatoms. The van der Waals surface area contributed by atoms with Crippen molar-refractivity contribution in [3.63, 3.8) is 0 Å². The topological polar surface area (TPSA) is 0 Å². The third-order valence-electron chi connectivity index (χ3n) is 2.02. The molecule has 0 amide bonds. The zero-order valence-electron chi connectivity index (χ0n) is 7.26. The molecular formula is C11H13F. The van der Waals surface area contributed by atoms with Gasteiger partial charge in [0.25, 0.3) is 0 Å². The molecule has 0 aliphatic rings. The van der Waals surface area contributed by atoms with E-state index in [9.17, 15) is 4.39 Å². The van der Waals surface area contributed by atoms with Gasteiger partial charge < -0.3 is 0 Å². The largest absolute Gasteiger partial charge is 0.207 e. The maximum atomic E-state index is 12.5. The third kappa shape index (κ3) is 1.94. The van der Waals surface area contributed by atoms with Gasteiger partial charge in [0.1, 0.15) is 5.82 Å². The van der Waals surface area contributed by atoms with Crippen LogP contribution in [-0.4, -0.2) is 0 Å². The summed E-state index contributed by atoms with van der Waals surface area (Å²) in [5.41, 5.74) is 1.13. The van der Waals surface area contributed by atoms with Gasteiger partial charge in [0, 0.05) is 5.92 Å². The van der Waals surface area contributed by atoms with Gasteiger partial charge in [-0.3, -0.25) is 0 Å². The SMILES string of the molecule is C=C[C@@H](CC)c1ccc(F)cc1. The molecule has 0 radical (unpaired) electrons. The van der Waals surface area contributed by atoms with Crippen LogP contribution in [0.3, 0.4) is 0 Å². The van der Waals surface area contributed by atoms with Gasteiger partial charge in [-0.05, 0) is 24.1 Å². The number of halogens is 1. The number of hydrogen-bond donors (Lipinski definition) is 0. The Morgan fingerprint density at radius 1 is 1.42 bits per heavy atom. The molecule has 0 aliphatic carbocycles. The molecule has 1 aromatic rings. The van der Waals surface area contributed by atoms with Crippen LogP contribution in [-0.2, 0) is 0 Å². The summed E-state index contributed by atoms with van der Waals surface area (Å²) in [4.78, 5) is 0. The van der Waals surface area contributed by atoms with Crippen molar-refractivity contribution in [1.82, 2.24) is 0 Å². The first-order valence-electron chi connectivity index (χ1n) is 4.16. The molecule has 64 valence electrons. The van der Waals surface area contributed by atoms with Gasteiger partial charge in [-0.2, -0.15) is 0 Å². The van der Waals surface area contributed by atoms with E-state index < -0.39 is 0 Å². The van der Waals surface area contributed by atoms with Crippen molar-refractivity contribution in [2.45, 2.75) is 19.3 Å². The Bertz CT molecular complexity index is 248. The molecule has 0 bridgehead atoms. The predicted molar refractivity (Wildman–Crippen MR) is 49.6 cm³/mol. The highest BCUT2D eigenvalue weighted by Gasteiger charge is 2.03.